The van der Waals surface area contributed by atoms with Crippen molar-refractivity contribution in [3.8, 4) is 17.6 Å². The number of nitrogens with one attached hydrogen (secondary N) is 1. The molecule has 0 radical (unpaired) electrons. The van der Waals surface area contributed by atoms with E-state index in [9.17, 15) is 0 Å². The van der Waals surface area contributed by atoms with Gasteiger partial charge in [-0.2, -0.15) is 5.26 Å². The van der Waals surface area contributed by atoms with Gasteiger partial charge >= 0.3 is 0 Å². The maximum atomic E-state index is 9.00. The van der Waals surface area contributed by atoms with Crippen molar-refractivity contribution in [2.45, 2.75) is 13.5 Å². The SMILES string of the molecule is COc1ccc(C#N)cc1CNc1cc(C)ccc1OC. The van der Waals surface area contributed by atoms with Crippen LogP contribution >= 0.6 is 0 Å². The summed E-state index contributed by atoms with van der Waals surface area (Å²) in [6, 6.07) is 13.5. The molecule has 0 aliphatic rings. The Bertz CT molecular complexity index is 675. The molecule has 0 aliphatic heterocycles. The molecule has 2 aromatic carbocycles. The first-order valence-corrected chi connectivity index (χ1v) is 6.63. The van der Waals surface area contributed by atoms with E-state index in [1.165, 1.54) is 0 Å². The van der Waals surface area contributed by atoms with E-state index in [1.807, 2.05) is 37.3 Å². The van der Waals surface area contributed by atoms with Crippen LogP contribution < -0.4 is 14.8 Å². The second-order valence-corrected chi connectivity index (χ2v) is 4.70. The molecule has 0 unspecified atom stereocenters. The largest absolute Gasteiger partial charge is 0.496 e. The van der Waals surface area contributed by atoms with Gasteiger partial charge in [0, 0.05) is 12.1 Å². The Morgan fingerprint density at radius 1 is 1.05 bits per heavy atom. The summed E-state index contributed by atoms with van der Waals surface area (Å²) in [5.41, 5.74) is 3.61. The minimum Gasteiger partial charge on any atom is -0.496 e. The first-order valence-electron chi connectivity index (χ1n) is 6.63. The minimum atomic E-state index is 0.554. The van der Waals surface area contributed by atoms with Crippen LogP contribution in [0.1, 0.15) is 16.7 Å². The van der Waals surface area contributed by atoms with E-state index >= 15 is 0 Å². The number of nitriles is 1. The molecular weight excluding hydrogens is 264 g/mol. The fourth-order valence-electron chi connectivity index (χ4n) is 2.14. The fourth-order valence-corrected chi connectivity index (χ4v) is 2.14. The van der Waals surface area contributed by atoms with Crippen molar-refractivity contribution in [3.05, 3.63) is 53.1 Å². The highest BCUT2D eigenvalue weighted by atomic mass is 16.5. The number of anilines is 1. The molecule has 0 aromatic heterocycles. The van der Waals surface area contributed by atoms with E-state index in [4.69, 9.17) is 14.7 Å². The average molecular weight is 282 g/mol. The normalized spacial score (nSPS) is 9.81. The quantitative estimate of drug-likeness (QED) is 0.912. The molecule has 0 spiro atoms. The average Bonchev–Trinajstić information content (AvgIpc) is 2.52. The molecule has 0 amide bonds. The molecule has 0 saturated heterocycles. The van der Waals surface area contributed by atoms with Crippen molar-refractivity contribution in [3.63, 3.8) is 0 Å². The lowest BCUT2D eigenvalue weighted by Gasteiger charge is -2.14. The monoisotopic (exact) mass is 282 g/mol. The topological polar surface area (TPSA) is 54.3 Å². The molecule has 21 heavy (non-hydrogen) atoms. The highest BCUT2D eigenvalue weighted by molar-refractivity contribution is 5.58. The molecule has 4 nitrogen and oxygen atoms in total. The van der Waals surface area contributed by atoms with E-state index in [0.29, 0.717) is 12.1 Å². The van der Waals surface area contributed by atoms with Gasteiger partial charge in [0.1, 0.15) is 11.5 Å². The zero-order valence-electron chi connectivity index (χ0n) is 12.4. The van der Waals surface area contributed by atoms with E-state index in [-0.39, 0.29) is 0 Å². The summed E-state index contributed by atoms with van der Waals surface area (Å²) in [6.07, 6.45) is 0. The van der Waals surface area contributed by atoms with Crippen molar-refractivity contribution in [1.29, 1.82) is 5.26 Å². The van der Waals surface area contributed by atoms with Crippen LogP contribution in [0.2, 0.25) is 0 Å². The van der Waals surface area contributed by atoms with Crippen molar-refractivity contribution < 1.29 is 9.47 Å². The minimum absolute atomic E-state index is 0.554. The van der Waals surface area contributed by atoms with Crippen LogP contribution in [-0.2, 0) is 6.54 Å². The molecule has 2 rings (SSSR count). The second-order valence-electron chi connectivity index (χ2n) is 4.70. The summed E-state index contributed by atoms with van der Waals surface area (Å²) in [6.45, 7) is 2.58. The van der Waals surface area contributed by atoms with Crippen molar-refractivity contribution in [1.82, 2.24) is 0 Å². The summed E-state index contributed by atoms with van der Waals surface area (Å²) < 4.78 is 10.7. The second kappa shape index (κ2) is 6.67. The van der Waals surface area contributed by atoms with E-state index in [0.717, 1.165) is 28.3 Å². The highest BCUT2D eigenvalue weighted by Gasteiger charge is 2.07. The van der Waals surface area contributed by atoms with Crippen molar-refractivity contribution >= 4 is 5.69 Å². The van der Waals surface area contributed by atoms with Gasteiger partial charge in [-0.05, 0) is 42.8 Å². The van der Waals surface area contributed by atoms with Crippen LogP contribution in [-0.4, -0.2) is 14.2 Å². The van der Waals surface area contributed by atoms with Gasteiger partial charge in [-0.1, -0.05) is 6.07 Å². The molecule has 0 heterocycles. The molecule has 0 aliphatic carbocycles. The van der Waals surface area contributed by atoms with Gasteiger partial charge in [-0.15, -0.1) is 0 Å². The first-order chi connectivity index (χ1) is 10.2. The van der Waals surface area contributed by atoms with Crippen LogP contribution in [0.25, 0.3) is 0 Å². The third-order valence-electron chi connectivity index (χ3n) is 3.23. The Morgan fingerprint density at radius 2 is 1.76 bits per heavy atom. The highest BCUT2D eigenvalue weighted by Crippen LogP contribution is 2.27. The smallest absolute Gasteiger partial charge is 0.141 e. The van der Waals surface area contributed by atoms with E-state index in [2.05, 4.69) is 11.4 Å². The van der Waals surface area contributed by atoms with Gasteiger partial charge in [0.15, 0.2) is 0 Å². The maximum Gasteiger partial charge on any atom is 0.141 e. The zero-order valence-corrected chi connectivity index (χ0v) is 12.4. The summed E-state index contributed by atoms with van der Waals surface area (Å²) in [5, 5.41) is 12.3. The fraction of sp³-hybridized carbons (Fsp3) is 0.235. The Hall–Kier alpha value is -2.67. The van der Waals surface area contributed by atoms with Gasteiger partial charge in [0.25, 0.3) is 0 Å². The Kier molecular flexibility index (Phi) is 4.68. The van der Waals surface area contributed by atoms with Gasteiger partial charge in [0.2, 0.25) is 0 Å². The van der Waals surface area contributed by atoms with Crippen LogP contribution in [0.3, 0.4) is 0 Å². The summed E-state index contributed by atoms with van der Waals surface area (Å²) >= 11 is 0. The lowest BCUT2D eigenvalue weighted by molar-refractivity contribution is 0.409. The molecule has 0 saturated carbocycles. The number of aryl methyl sites for hydroxylation is 1. The molecule has 0 atom stereocenters. The number of methoxy groups -OCH3 is 2. The van der Waals surface area contributed by atoms with Gasteiger partial charge in [-0.3, -0.25) is 0 Å². The molecular formula is C17H18N2O2. The summed E-state index contributed by atoms with van der Waals surface area (Å²) in [5.74, 6) is 1.55. The third-order valence-corrected chi connectivity index (χ3v) is 3.23. The van der Waals surface area contributed by atoms with Crippen LogP contribution in [0, 0.1) is 18.3 Å². The standard InChI is InChI=1S/C17H18N2O2/c1-12-4-6-17(21-3)15(8-12)19-11-14-9-13(10-18)5-7-16(14)20-2/h4-9,19H,11H2,1-3H3. The van der Waals surface area contributed by atoms with Gasteiger partial charge < -0.3 is 14.8 Å². The predicted molar refractivity (Wildman–Crippen MR) is 82.8 cm³/mol. The number of ether oxygens (including phenoxy) is 2. The molecule has 4 heteroatoms. The maximum absolute atomic E-state index is 9.00. The van der Waals surface area contributed by atoms with Crippen molar-refractivity contribution in [2.75, 3.05) is 19.5 Å². The molecule has 0 bridgehead atoms. The third kappa shape index (κ3) is 3.46. The Balaban J connectivity index is 2.24. The number of rotatable bonds is 5. The lowest BCUT2D eigenvalue weighted by atomic mass is 10.1. The van der Waals surface area contributed by atoms with Crippen LogP contribution in [0.4, 0.5) is 5.69 Å². The zero-order chi connectivity index (χ0) is 15.2. The number of nitrogens with zero attached hydrogens (tertiary/aromatic N) is 1. The van der Waals surface area contributed by atoms with Gasteiger partial charge in [0.05, 0.1) is 31.5 Å². The molecule has 2 aromatic rings. The molecule has 0 fully saturated rings. The van der Waals surface area contributed by atoms with Crippen LogP contribution in [0.15, 0.2) is 36.4 Å². The Morgan fingerprint density at radius 3 is 2.43 bits per heavy atom. The number of hydrogen-bond acceptors (Lipinski definition) is 4. The summed E-state index contributed by atoms with van der Waals surface area (Å²) in [4.78, 5) is 0. The molecule has 1 N–H and O–H groups in total. The van der Waals surface area contributed by atoms with Crippen molar-refractivity contribution in [2.24, 2.45) is 0 Å². The summed E-state index contributed by atoms with van der Waals surface area (Å²) in [7, 11) is 3.27. The Labute approximate surface area is 124 Å². The van der Waals surface area contributed by atoms with E-state index in [1.54, 1.807) is 20.3 Å². The van der Waals surface area contributed by atoms with Gasteiger partial charge in [-0.25, -0.2) is 0 Å². The number of hydrogen-bond donors (Lipinski definition) is 1. The van der Waals surface area contributed by atoms with E-state index < -0.39 is 0 Å². The van der Waals surface area contributed by atoms with Crippen LogP contribution in [0.5, 0.6) is 11.5 Å². The first kappa shape index (κ1) is 14.7. The molecule has 108 valence electrons. The lowest BCUT2D eigenvalue weighted by Crippen LogP contribution is -2.04. The number of benzene rings is 2. The predicted octanol–water partition coefficient (Wildman–Crippen LogP) is 3.50.